The number of carbonyl (C=O) groups is 1. The lowest BCUT2D eigenvalue weighted by molar-refractivity contribution is 0.203. The van der Waals surface area contributed by atoms with Gasteiger partial charge >= 0.3 is 6.03 Å². The van der Waals surface area contributed by atoms with Gasteiger partial charge in [0.05, 0.1) is 19.9 Å². The number of ether oxygens (including phenoxy) is 2. The number of benzene rings is 1. The predicted molar refractivity (Wildman–Crippen MR) is 86.8 cm³/mol. The molecule has 0 saturated carbocycles. The van der Waals surface area contributed by atoms with E-state index in [1.165, 1.54) is 0 Å². The van der Waals surface area contributed by atoms with Crippen LogP contribution < -0.4 is 20.1 Å². The van der Waals surface area contributed by atoms with Crippen molar-refractivity contribution in [3.05, 3.63) is 18.2 Å². The molecule has 2 amide bonds. The van der Waals surface area contributed by atoms with E-state index in [1.54, 1.807) is 32.4 Å². The van der Waals surface area contributed by atoms with Crippen LogP contribution in [0.3, 0.4) is 0 Å². The first kappa shape index (κ1) is 16.4. The van der Waals surface area contributed by atoms with E-state index < -0.39 is 0 Å². The number of anilines is 1. The minimum absolute atomic E-state index is 0.196. The standard InChI is InChI=1S/C16H25N3O3/c1-4-19-9-7-12(8-10-19)17-16(20)18-14-6-5-13(21-2)11-15(14)22-3/h5-6,11-12H,4,7-10H2,1-3H3,(H2,17,18,20). The molecule has 22 heavy (non-hydrogen) atoms. The molecule has 0 spiro atoms. The molecule has 2 N–H and O–H groups in total. The van der Waals surface area contributed by atoms with Crippen molar-refractivity contribution in [1.82, 2.24) is 10.2 Å². The first-order valence-electron chi connectivity index (χ1n) is 7.68. The first-order chi connectivity index (χ1) is 10.7. The number of amides is 2. The lowest BCUT2D eigenvalue weighted by atomic mass is 10.1. The first-order valence-corrected chi connectivity index (χ1v) is 7.68. The summed E-state index contributed by atoms with van der Waals surface area (Å²) >= 11 is 0. The van der Waals surface area contributed by atoms with Crippen molar-refractivity contribution in [2.24, 2.45) is 0 Å². The molecular weight excluding hydrogens is 282 g/mol. The fourth-order valence-electron chi connectivity index (χ4n) is 2.64. The molecule has 0 bridgehead atoms. The SMILES string of the molecule is CCN1CCC(NC(=O)Nc2ccc(OC)cc2OC)CC1. The Bertz CT molecular complexity index is 499. The van der Waals surface area contributed by atoms with Crippen LogP contribution in [-0.4, -0.2) is 50.8 Å². The fourth-order valence-corrected chi connectivity index (χ4v) is 2.64. The summed E-state index contributed by atoms with van der Waals surface area (Å²) in [5.74, 6) is 1.27. The quantitative estimate of drug-likeness (QED) is 0.876. The summed E-state index contributed by atoms with van der Waals surface area (Å²) in [6.45, 7) is 5.30. The molecule has 0 aliphatic carbocycles. The third-order valence-electron chi connectivity index (χ3n) is 4.03. The van der Waals surface area contributed by atoms with Crippen molar-refractivity contribution >= 4 is 11.7 Å². The maximum atomic E-state index is 12.1. The van der Waals surface area contributed by atoms with Gasteiger partial charge in [-0.15, -0.1) is 0 Å². The van der Waals surface area contributed by atoms with Crippen molar-refractivity contribution in [3.8, 4) is 11.5 Å². The molecule has 1 saturated heterocycles. The summed E-state index contributed by atoms with van der Waals surface area (Å²) in [6, 6.07) is 5.34. The highest BCUT2D eigenvalue weighted by molar-refractivity contribution is 5.91. The van der Waals surface area contributed by atoms with Gasteiger partial charge in [0.15, 0.2) is 0 Å². The van der Waals surface area contributed by atoms with Crippen LogP contribution in [0, 0.1) is 0 Å². The van der Waals surface area contributed by atoms with Crippen molar-refractivity contribution in [3.63, 3.8) is 0 Å². The highest BCUT2D eigenvalue weighted by atomic mass is 16.5. The molecule has 0 radical (unpaired) electrons. The van der Waals surface area contributed by atoms with Gasteiger partial charge in [-0.1, -0.05) is 6.92 Å². The van der Waals surface area contributed by atoms with E-state index in [1.807, 2.05) is 0 Å². The van der Waals surface area contributed by atoms with Crippen molar-refractivity contribution in [1.29, 1.82) is 0 Å². The Morgan fingerprint density at radius 3 is 2.59 bits per heavy atom. The summed E-state index contributed by atoms with van der Waals surface area (Å²) < 4.78 is 10.4. The summed E-state index contributed by atoms with van der Waals surface area (Å²) in [4.78, 5) is 14.5. The smallest absolute Gasteiger partial charge is 0.319 e. The van der Waals surface area contributed by atoms with Gasteiger partial charge in [-0.2, -0.15) is 0 Å². The van der Waals surface area contributed by atoms with Crippen LogP contribution in [0.25, 0.3) is 0 Å². The fraction of sp³-hybridized carbons (Fsp3) is 0.562. The zero-order chi connectivity index (χ0) is 15.9. The molecule has 2 rings (SSSR count). The number of methoxy groups -OCH3 is 2. The number of carbonyl (C=O) groups excluding carboxylic acids is 1. The van der Waals surface area contributed by atoms with Gasteiger partial charge in [-0.3, -0.25) is 0 Å². The van der Waals surface area contributed by atoms with Crippen LogP contribution in [0.4, 0.5) is 10.5 Å². The Morgan fingerprint density at radius 1 is 1.27 bits per heavy atom. The number of nitrogens with zero attached hydrogens (tertiary/aromatic N) is 1. The zero-order valence-corrected chi connectivity index (χ0v) is 13.5. The van der Waals surface area contributed by atoms with Crippen LogP contribution in [0.1, 0.15) is 19.8 Å². The number of urea groups is 1. The highest BCUT2D eigenvalue weighted by Gasteiger charge is 2.20. The number of nitrogens with one attached hydrogen (secondary N) is 2. The van der Waals surface area contributed by atoms with E-state index in [-0.39, 0.29) is 12.1 Å². The molecule has 1 heterocycles. The lowest BCUT2D eigenvalue weighted by Crippen LogP contribution is -2.45. The zero-order valence-electron chi connectivity index (χ0n) is 13.5. The van der Waals surface area contributed by atoms with E-state index in [4.69, 9.17) is 9.47 Å². The van der Waals surface area contributed by atoms with E-state index in [2.05, 4.69) is 22.5 Å². The lowest BCUT2D eigenvalue weighted by Gasteiger charge is -2.31. The molecule has 6 heteroatoms. The molecule has 0 unspecified atom stereocenters. The van der Waals surface area contributed by atoms with Gasteiger partial charge in [0, 0.05) is 25.2 Å². The summed E-state index contributed by atoms with van der Waals surface area (Å²) in [5.41, 5.74) is 0.631. The van der Waals surface area contributed by atoms with Crippen molar-refractivity contribution in [2.75, 3.05) is 39.2 Å². The average Bonchev–Trinajstić information content (AvgIpc) is 2.55. The summed E-state index contributed by atoms with van der Waals surface area (Å²) in [5, 5.41) is 5.87. The van der Waals surface area contributed by atoms with Crippen LogP contribution in [-0.2, 0) is 0 Å². The molecule has 1 aliphatic rings. The minimum Gasteiger partial charge on any atom is -0.497 e. The molecule has 122 valence electrons. The van der Waals surface area contributed by atoms with E-state index in [9.17, 15) is 4.79 Å². The Morgan fingerprint density at radius 2 is 2.00 bits per heavy atom. The minimum atomic E-state index is -0.196. The Kier molecular flexibility index (Phi) is 5.89. The van der Waals surface area contributed by atoms with E-state index >= 15 is 0 Å². The molecule has 1 aromatic rings. The molecule has 6 nitrogen and oxygen atoms in total. The number of hydrogen-bond acceptors (Lipinski definition) is 4. The van der Waals surface area contributed by atoms with Gasteiger partial charge in [0.1, 0.15) is 11.5 Å². The highest BCUT2D eigenvalue weighted by Crippen LogP contribution is 2.28. The second kappa shape index (κ2) is 7.89. The Hall–Kier alpha value is -1.95. The number of rotatable bonds is 5. The monoisotopic (exact) mass is 307 g/mol. The topological polar surface area (TPSA) is 62.8 Å². The van der Waals surface area contributed by atoms with Crippen molar-refractivity contribution in [2.45, 2.75) is 25.8 Å². The largest absolute Gasteiger partial charge is 0.497 e. The predicted octanol–water partition coefficient (Wildman–Crippen LogP) is 2.31. The summed E-state index contributed by atoms with van der Waals surface area (Å²) in [6.07, 6.45) is 1.97. The van der Waals surface area contributed by atoms with Gasteiger partial charge in [0.25, 0.3) is 0 Å². The second-order valence-corrected chi connectivity index (χ2v) is 5.37. The number of hydrogen-bond donors (Lipinski definition) is 2. The molecular formula is C16H25N3O3. The molecule has 0 aromatic heterocycles. The van der Waals surface area contributed by atoms with Crippen LogP contribution in [0.5, 0.6) is 11.5 Å². The number of likely N-dealkylation sites (tertiary alicyclic amines) is 1. The van der Waals surface area contributed by atoms with E-state index in [0.717, 1.165) is 32.5 Å². The molecule has 1 aromatic carbocycles. The maximum absolute atomic E-state index is 12.1. The van der Waals surface area contributed by atoms with Gasteiger partial charge in [-0.25, -0.2) is 4.79 Å². The van der Waals surface area contributed by atoms with E-state index in [0.29, 0.717) is 17.2 Å². The van der Waals surface area contributed by atoms with Gasteiger partial charge in [0.2, 0.25) is 0 Å². The molecule has 1 aliphatic heterocycles. The van der Waals surface area contributed by atoms with Crippen LogP contribution in [0.15, 0.2) is 18.2 Å². The van der Waals surface area contributed by atoms with Gasteiger partial charge in [-0.05, 0) is 31.5 Å². The Labute approximate surface area is 131 Å². The second-order valence-electron chi connectivity index (χ2n) is 5.37. The molecule has 1 fully saturated rings. The van der Waals surface area contributed by atoms with Crippen molar-refractivity contribution < 1.29 is 14.3 Å². The number of piperidine rings is 1. The Balaban J connectivity index is 1.89. The molecule has 0 atom stereocenters. The van der Waals surface area contributed by atoms with Crippen LogP contribution in [0.2, 0.25) is 0 Å². The van der Waals surface area contributed by atoms with Crippen LogP contribution >= 0.6 is 0 Å². The summed E-state index contributed by atoms with van der Waals surface area (Å²) in [7, 11) is 3.16. The average molecular weight is 307 g/mol. The third-order valence-corrected chi connectivity index (χ3v) is 4.03. The normalized spacial score (nSPS) is 16.1. The van der Waals surface area contributed by atoms with Gasteiger partial charge < -0.3 is 25.0 Å². The maximum Gasteiger partial charge on any atom is 0.319 e. The third kappa shape index (κ3) is 4.27.